The summed E-state index contributed by atoms with van der Waals surface area (Å²) in [5, 5.41) is 5.98. The second-order valence-electron chi connectivity index (χ2n) is 3.38. The Balaban J connectivity index is 2.37. The quantitative estimate of drug-likeness (QED) is 0.590. The maximum Gasteiger partial charge on any atom is 0.225 e. The van der Waals surface area contributed by atoms with E-state index >= 15 is 0 Å². The molecule has 0 radical (unpaired) electrons. The standard InChI is InChI=1S/C12H18N2OS/c1-3-13-9-8-12(15)14-10-4-6-11(16-2)7-5-10/h4-7,13H,3,8-9H2,1-2H3,(H,14,15). The van der Waals surface area contributed by atoms with Crippen molar-refractivity contribution in [2.24, 2.45) is 0 Å². The van der Waals surface area contributed by atoms with Gasteiger partial charge in [-0.25, -0.2) is 0 Å². The van der Waals surface area contributed by atoms with E-state index in [4.69, 9.17) is 0 Å². The summed E-state index contributed by atoms with van der Waals surface area (Å²) in [7, 11) is 0. The van der Waals surface area contributed by atoms with Crippen molar-refractivity contribution < 1.29 is 4.79 Å². The van der Waals surface area contributed by atoms with Gasteiger partial charge < -0.3 is 10.6 Å². The van der Waals surface area contributed by atoms with Gasteiger partial charge >= 0.3 is 0 Å². The third-order valence-corrected chi connectivity index (χ3v) is 2.90. The zero-order valence-corrected chi connectivity index (χ0v) is 10.6. The predicted molar refractivity (Wildman–Crippen MR) is 70.0 cm³/mol. The number of carbonyl (C=O) groups excluding carboxylic acids is 1. The smallest absolute Gasteiger partial charge is 0.225 e. The van der Waals surface area contributed by atoms with Gasteiger partial charge in [0.15, 0.2) is 0 Å². The second kappa shape index (κ2) is 7.30. The van der Waals surface area contributed by atoms with Crippen LogP contribution in [0.1, 0.15) is 13.3 Å². The van der Waals surface area contributed by atoms with Crippen LogP contribution in [0.15, 0.2) is 29.2 Å². The summed E-state index contributed by atoms with van der Waals surface area (Å²) >= 11 is 1.69. The van der Waals surface area contributed by atoms with Crippen LogP contribution in [0.2, 0.25) is 0 Å². The third-order valence-electron chi connectivity index (χ3n) is 2.15. The number of benzene rings is 1. The van der Waals surface area contributed by atoms with E-state index in [0.717, 1.165) is 18.8 Å². The predicted octanol–water partition coefficient (Wildman–Crippen LogP) is 2.35. The van der Waals surface area contributed by atoms with E-state index in [-0.39, 0.29) is 5.91 Å². The highest BCUT2D eigenvalue weighted by atomic mass is 32.2. The first-order valence-corrected chi connectivity index (χ1v) is 6.63. The van der Waals surface area contributed by atoms with Crippen molar-refractivity contribution in [3.8, 4) is 0 Å². The summed E-state index contributed by atoms with van der Waals surface area (Å²) in [5.41, 5.74) is 0.860. The van der Waals surface area contributed by atoms with Gasteiger partial charge in [-0.1, -0.05) is 6.92 Å². The van der Waals surface area contributed by atoms with Crippen LogP contribution < -0.4 is 10.6 Å². The molecule has 0 unspecified atom stereocenters. The first-order chi connectivity index (χ1) is 7.76. The van der Waals surface area contributed by atoms with Crippen molar-refractivity contribution in [3.63, 3.8) is 0 Å². The number of carbonyl (C=O) groups is 1. The Bertz CT molecular complexity index is 324. The Labute approximate surface area is 101 Å². The fourth-order valence-corrected chi connectivity index (χ4v) is 1.68. The highest BCUT2D eigenvalue weighted by molar-refractivity contribution is 7.98. The lowest BCUT2D eigenvalue weighted by atomic mass is 10.3. The zero-order valence-electron chi connectivity index (χ0n) is 9.75. The fraction of sp³-hybridized carbons (Fsp3) is 0.417. The van der Waals surface area contributed by atoms with E-state index in [9.17, 15) is 4.79 Å². The lowest BCUT2D eigenvalue weighted by molar-refractivity contribution is -0.116. The Morgan fingerprint density at radius 1 is 1.31 bits per heavy atom. The van der Waals surface area contributed by atoms with Gasteiger partial charge in [0.1, 0.15) is 0 Å². The van der Waals surface area contributed by atoms with E-state index < -0.39 is 0 Å². The van der Waals surface area contributed by atoms with Crippen LogP contribution in [0.5, 0.6) is 0 Å². The SMILES string of the molecule is CCNCCC(=O)Nc1ccc(SC)cc1. The summed E-state index contributed by atoms with van der Waals surface area (Å²) in [4.78, 5) is 12.7. The lowest BCUT2D eigenvalue weighted by Gasteiger charge is -2.06. The molecule has 1 rings (SSSR count). The molecule has 0 spiro atoms. The Morgan fingerprint density at radius 3 is 2.56 bits per heavy atom. The number of rotatable bonds is 6. The molecule has 0 aliphatic rings. The number of nitrogens with one attached hydrogen (secondary N) is 2. The van der Waals surface area contributed by atoms with Gasteiger partial charge in [-0.2, -0.15) is 0 Å². The molecule has 0 saturated heterocycles. The van der Waals surface area contributed by atoms with Crippen LogP contribution in [0, 0.1) is 0 Å². The molecule has 0 bridgehead atoms. The molecule has 1 amide bonds. The molecule has 0 atom stereocenters. The highest BCUT2D eigenvalue weighted by Crippen LogP contribution is 2.17. The van der Waals surface area contributed by atoms with Gasteiger partial charge in [0, 0.05) is 23.5 Å². The zero-order chi connectivity index (χ0) is 11.8. The average Bonchev–Trinajstić information content (AvgIpc) is 2.30. The lowest BCUT2D eigenvalue weighted by Crippen LogP contribution is -2.21. The molecule has 0 aliphatic carbocycles. The summed E-state index contributed by atoms with van der Waals surface area (Å²) in [6.07, 6.45) is 2.54. The number of thioether (sulfide) groups is 1. The van der Waals surface area contributed by atoms with E-state index in [1.807, 2.05) is 37.4 Å². The minimum Gasteiger partial charge on any atom is -0.326 e. The van der Waals surface area contributed by atoms with Gasteiger partial charge in [0.25, 0.3) is 0 Å². The van der Waals surface area contributed by atoms with E-state index in [1.54, 1.807) is 11.8 Å². The summed E-state index contributed by atoms with van der Waals surface area (Å²) in [6.45, 7) is 3.65. The molecule has 4 heteroatoms. The van der Waals surface area contributed by atoms with E-state index in [0.29, 0.717) is 6.42 Å². The number of hydrogen-bond donors (Lipinski definition) is 2. The van der Waals surface area contributed by atoms with Crippen LogP contribution in [-0.4, -0.2) is 25.3 Å². The van der Waals surface area contributed by atoms with Gasteiger partial charge in [0.2, 0.25) is 5.91 Å². The van der Waals surface area contributed by atoms with Gasteiger partial charge in [-0.3, -0.25) is 4.79 Å². The Kier molecular flexibility index (Phi) is 5.96. The van der Waals surface area contributed by atoms with Gasteiger partial charge in [-0.15, -0.1) is 11.8 Å². The number of anilines is 1. The van der Waals surface area contributed by atoms with Gasteiger partial charge in [0.05, 0.1) is 0 Å². The molecule has 16 heavy (non-hydrogen) atoms. The van der Waals surface area contributed by atoms with Crippen LogP contribution in [0.3, 0.4) is 0 Å². The third kappa shape index (κ3) is 4.68. The van der Waals surface area contributed by atoms with Crippen molar-refractivity contribution >= 4 is 23.4 Å². The molecule has 88 valence electrons. The topological polar surface area (TPSA) is 41.1 Å². The highest BCUT2D eigenvalue weighted by Gasteiger charge is 2.01. The maximum atomic E-state index is 11.5. The first-order valence-electron chi connectivity index (χ1n) is 5.41. The molecule has 2 N–H and O–H groups in total. The Hall–Kier alpha value is -1.00. The maximum absolute atomic E-state index is 11.5. The molecule has 1 aromatic carbocycles. The van der Waals surface area contributed by atoms with Gasteiger partial charge in [-0.05, 0) is 37.1 Å². The van der Waals surface area contributed by atoms with Crippen molar-refractivity contribution in [1.82, 2.24) is 5.32 Å². The van der Waals surface area contributed by atoms with Crippen LogP contribution >= 0.6 is 11.8 Å². The van der Waals surface area contributed by atoms with Crippen molar-refractivity contribution in [2.45, 2.75) is 18.2 Å². The molecular weight excluding hydrogens is 220 g/mol. The number of hydrogen-bond acceptors (Lipinski definition) is 3. The average molecular weight is 238 g/mol. The summed E-state index contributed by atoms with van der Waals surface area (Å²) < 4.78 is 0. The molecule has 0 aliphatic heterocycles. The van der Waals surface area contributed by atoms with E-state index in [1.165, 1.54) is 4.90 Å². The van der Waals surface area contributed by atoms with Crippen molar-refractivity contribution in [2.75, 3.05) is 24.7 Å². The second-order valence-corrected chi connectivity index (χ2v) is 4.26. The molecule has 0 aromatic heterocycles. The van der Waals surface area contributed by atoms with Crippen LogP contribution in [-0.2, 0) is 4.79 Å². The molecule has 0 saturated carbocycles. The molecule has 0 fully saturated rings. The molecule has 1 aromatic rings. The molecular formula is C12H18N2OS. The van der Waals surface area contributed by atoms with E-state index in [2.05, 4.69) is 10.6 Å². The minimum atomic E-state index is 0.0536. The number of amides is 1. The molecule has 3 nitrogen and oxygen atoms in total. The molecule has 0 heterocycles. The normalized spacial score (nSPS) is 10.1. The summed E-state index contributed by atoms with van der Waals surface area (Å²) in [6, 6.07) is 7.86. The fourth-order valence-electron chi connectivity index (χ4n) is 1.28. The van der Waals surface area contributed by atoms with Crippen molar-refractivity contribution in [1.29, 1.82) is 0 Å². The minimum absolute atomic E-state index is 0.0536. The summed E-state index contributed by atoms with van der Waals surface area (Å²) in [5.74, 6) is 0.0536. The largest absolute Gasteiger partial charge is 0.326 e. The van der Waals surface area contributed by atoms with Crippen LogP contribution in [0.25, 0.3) is 0 Å². The Morgan fingerprint density at radius 2 is 2.00 bits per heavy atom. The van der Waals surface area contributed by atoms with Crippen molar-refractivity contribution in [3.05, 3.63) is 24.3 Å². The van der Waals surface area contributed by atoms with Crippen LogP contribution in [0.4, 0.5) is 5.69 Å². The first kappa shape index (κ1) is 13.1. The monoisotopic (exact) mass is 238 g/mol.